The van der Waals surface area contributed by atoms with Gasteiger partial charge in [0, 0.05) is 21.6 Å². The summed E-state index contributed by atoms with van der Waals surface area (Å²) < 4.78 is 1.01. The normalized spacial score (nSPS) is 16.0. The third kappa shape index (κ3) is 3.52. The van der Waals surface area contributed by atoms with Gasteiger partial charge >= 0.3 is 0 Å². The topological polar surface area (TPSA) is 37.8 Å². The number of aryl methyl sites for hydroxylation is 2. The quantitative estimate of drug-likeness (QED) is 0.878. The van der Waals surface area contributed by atoms with Crippen molar-refractivity contribution in [1.29, 1.82) is 0 Å². The fourth-order valence-corrected chi connectivity index (χ4v) is 4.13. The highest BCUT2D eigenvalue weighted by Crippen LogP contribution is 2.32. The average molecular weight is 366 g/mol. The molecule has 1 unspecified atom stereocenters. The van der Waals surface area contributed by atoms with Crippen LogP contribution in [0, 0.1) is 0 Å². The van der Waals surface area contributed by atoms with Crippen LogP contribution in [0.1, 0.15) is 54.0 Å². The summed E-state index contributed by atoms with van der Waals surface area (Å²) in [5, 5.41) is 4.77. The highest BCUT2D eigenvalue weighted by molar-refractivity contribution is 9.10. The molecule has 3 rings (SSSR count). The van der Waals surface area contributed by atoms with E-state index in [0.29, 0.717) is 6.04 Å². The molecule has 0 radical (unpaired) electrons. The number of hydrogen-bond donors (Lipinski definition) is 1. The van der Waals surface area contributed by atoms with Crippen LogP contribution in [0.5, 0.6) is 0 Å². The molecule has 21 heavy (non-hydrogen) atoms. The number of halogens is 1. The molecule has 2 aromatic rings. The number of nitrogens with one attached hydrogen (secondary N) is 1. The third-order valence-electron chi connectivity index (χ3n) is 3.66. The van der Waals surface area contributed by atoms with Crippen molar-refractivity contribution in [2.24, 2.45) is 0 Å². The molecule has 2 heterocycles. The summed E-state index contributed by atoms with van der Waals surface area (Å²) in [6.45, 7) is 4.33. The largest absolute Gasteiger partial charge is 0.301 e. The van der Waals surface area contributed by atoms with Gasteiger partial charge in [0.1, 0.15) is 11.0 Å². The van der Waals surface area contributed by atoms with Crippen LogP contribution in [0.2, 0.25) is 0 Å². The Hall–Kier alpha value is -0.780. The van der Waals surface area contributed by atoms with Crippen molar-refractivity contribution in [3.8, 4) is 0 Å². The zero-order valence-corrected chi connectivity index (χ0v) is 14.8. The SMILES string of the molecule is CC(C)NC(c1ccc(Br)cn1)c1nc2c(s1)CCCC2. The molecule has 3 nitrogen and oxygen atoms in total. The predicted molar refractivity (Wildman–Crippen MR) is 90.8 cm³/mol. The maximum Gasteiger partial charge on any atom is 0.116 e. The lowest BCUT2D eigenvalue weighted by Gasteiger charge is -2.18. The average Bonchev–Trinajstić information content (AvgIpc) is 2.89. The Labute approximate surface area is 138 Å². The van der Waals surface area contributed by atoms with E-state index in [1.54, 1.807) is 0 Å². The second kappa shape index (κ2) is 6.55. The van der Waals surface area contributed by atoms with Gasteiger partial charge in [-0.3, -0.25) is 4.98 Å². The van der Waals surface area contributed by atoms with Crippen molar-refractivity contribution in [2.45, 2.75) is 51.6 Å². The lowest BCUT2D eigenvalue weighted by molar-refractivity contribution is 0.517. The number of nitrogens with zero attached hydrogens (tertiary/aromatic N) is 2. The summed E-state index contributed by atoms with van der Waals surface area (Å²) in [4.78, 5) is 11.0. The van der Waals surface area contributed by atoms with E-state index in [1.165, 1.54) is 29.8 Å². The number of thiazole rings is 1. The van der Waals surface area contributed by atoms with Crippen molar-refractivity contribution < 1.29 is 0 Å². The zero-order valence-electron chi connectivity index (χ0n) is 12.4. The Morgan fingerprint density at radius 1 is 1.24 bits per heavy atom. The highest BCUT2D eigenvalue weighted by atomic mass is 79.9. The summed E-state index contributed by atoms with van der Waals surface area (Å²) in [5.41, 5.74) is 2.35. The van der Waals surface area contributed by atoms with E-state index >= 15 is 0 Å². The van der Waals surface area contributed by atoms with Crippen molar-refractivity contribution in [1.82, 2.24) is 15.3 Å². The first kappa shape index (κ1) is 15.1. The maximum atomic E-state index is 4.91. The number of fused-ring (bicyclic) bond motifs is 1. The van der Waals surface area contributed by atoms with Crippen molar-refractivity contribution in [3.63, 3.8) is 0 Å². The van der Waals surface area contributed by atoms with E-state index < -0.39 is 0 Å². The van der Waals surface area contributed by atoms with Gasteiger partial charge in [-0.2, -0.15) is 0 Å². The molecule has 0 aromatic carbocycles. The molecule has 5 heteroatoms. The first-order valence-corrected chi connectivity index (χ1v) is 9.10. The molecule has 0 spiro atoms. The van der Waals surface area contributed by atoms with E-state index in [4.69, 9.17) is 4.98 Å². The third-order valence-corrected chi connectivity index (χ3v) is 5.35. The molecule has 0 aliphatic heterocycles. The second-order valence-electron chi connectivity index (χ2n) is 5.78. The van der Waals surface area contributed by atoms with Crippen molar-refractivity contribution in [2.75, 3.05) is 0 Å². The minimum atomic E-state index is 0.0914. The Morgan fingerprint density at radius 3 is 2.71 bits per heavy atom. The van der Waals surface area contributed by atoms with Crippen LogP contribution in [-0.2, 0) is 12.8 Å². The summed E-state index contributed by atoms with van der Waals surface area (Å²) in [6, 6.07) is 4.60. The van der Waals surface area contributed by atoms with Gasteiger partial charge in [0.15, 0.2) is 0 Å². The van der Waals surface area contributed by atoms with E-state index in [1.807, 2.05) is 23.6 Å². The molecule has 0 fully saturated rings. The van der Waals surface area contributed by atoms with E-state index in [0.717, 1.165) is 21.6 Å². The Bertz CT molecular complexity index is 583. The summed E-state index contributed by atoms with van der Waals surface area (Å²) >= 11 is 5.31. The molecule has 1 aliphatic carbocycles. The van der Waals surface area contributed by atoms with Crippen LogP contribution in [-0.4, -0.2) is 16.0 Å². The zero-order chi connectivity index (χ0) is 14.8. The highest BCUT2D eigenvalue weighted by Gasteiger charge is 2.23. The monoisotopic (exact) mass is 365 g/mol. The van der Waals surface area contributed by atoms with E-state index in [2.05, 4.69) is 46.1 Å². The Balaban J connectivity index is 1.95. The van der Waals surface area contributed by atoms with Gasteiger partial charge < -0.3 is 5.32 Å². The van der Waals surface area contributed by atoms with E-state index in [9.17, 15) is 0 Å². The van der Waals surface area contributed by atoms with Gasteiger partial charge in [-0.25, -0.2) is 4.98 Å². The molecule has 0 bridgehead atoms. The molecular formula is C16H20BrN3S. The summed E-state index contributed by atoms with van der Waals surface area (Å²) in [7, 11) is 0. The Kier molecular flexibility index (Phi) is 4.72. The minimum Gasteiger partial charge on any atom is -0.301 e. The first-order chi connectivity index (χ1) is 10.1. The molecule has 1 aliphatic rings. The van der Waals surface area contributed by atoms with Gasteiger partial charge in [0.25, 0.3) is 0 Å². The van der Waals surface area contributed by atoms with Crippen molar-refractivity contribution >= 4 is 27.3 Å². The van der Waals surface area contributed by atoms with Crippen LogP contribution in [0.15, 0.2) is 22.8 Å². The molecular weight excluding hydrogens is 346 g/mol. The fourth-order valence-electron chi connectivity index (χ4n) is 2.67. The number of rotatable bonds is 4. The van der Waals surface area contributed by atoms with Crippen molar-refractivity contribution in [3.05, 3.63) is 44.1 Å². The molecule has 1 atom stereocenters. The number of aromatic nitrogens is 2. The van der Waals surface area contributed by atoms with Crippen LogP contribution >= 0.6 is 27.3 Å². The minimum absolute atomic E-state index is 0.0914. The summed E-state index contributed by atoms with van der Waals surface area (Å²) in [5.74, 6) is 0. The van der Waals surface area contributed by atoms with E-state index in [-0.39, 0.29) is 6.04 Å². The fraction of sp³-hybridized carbons (Fsp3) is 0.500. The van der Waals surface area contributed by atoms with Gasteiger partial charge in [0.05, 0.1) is 11.4 Å². The van der Waals surface area contributed by atoms with Crippen LogP contribution < -0.4 is 5.32 Å². The lowest BCUT2D eigenvalue weighted by atomic mass is 10.0. The molecule has 0 amide bonds. The van der Waals surface area contributed by atoms with Gasteiger partial charge in [-0.05, 0) is 67.6 Å². The molecule has 0 saturated heterocycles. The second-order valence-corrected chi connectivity index (χ2v) is 7.82. The standard InChI is InChI=1S/C16H20BrN3S/c1-10(2)19-15(13-8-7-11(17)9-18-13)16-20-12-5-3-4-6-14(12)21-16/h7-10,15,19H,3-6H2,1-2H3. The van der Waals surface area contributed by atoms with Crippen LogP contribution in [0.4, 0.5) is 0 Å². The molecule has 1 N–H and O–H groups in total. The number of pyridine rings is 1. The van der Waals surface area contributed by atoms with Crippen LogP contribution in [0.3, 0.4) is 0 Å². The molecule has 112 valence electrons. The Morgan fingerprint density at radius 2 is 2.05 bits per heavy atom. The smallest absolute Gasteiger partial charge is 0.116 e. The van der Waals surface area contributed by atoms with Gasteiger partial charge in [-0.1, -0.05) is 0 Å². The van der Waals surface area contributed by atoms with Gasteiger partial charge in [-0.15, -0.1) is 11.3 Å². The molecule has 2 aromatic heterocycles. The van der Waals surface area contributed by atoms with Gasteiger partial charge in [0.2, 0.25) is 0 Å². The summed E-state index contributed by atoms with van der Waals surface area (Å²) in [6.07, 6.45) is 6.75. The number of hydrogen-bond acceptors (Lipinski definition) is 4. The molecule has 0 saturated carbocycles. The first-order valence-electron chi connectivity index (χ1n) is 7.49. The lowest BCUT2D eigenvalue weighted by Crippen LogP contribution is -2.29. The maximum absolute atomic E-state index is 4.91. The van der Waals surface area contributed by atoms with Crippen LogP contribution in [0.25, 0.3) is 0 Å². The predicted octanol–water partition coefficient (Wildman–Crippen LogP) is 4.27.